The van der Waals surface area contributed by atoms with Crippen LogP contribution in [0.3, 0.4) is 0 Å². The van der Waals surface area contributed by atoms with Crippen LogP contribution in [0.2, 0.25) is 0 Å². The molecule has 1 spiro atoms. The molecule has 0 unspecified atom stereocenters. The van der Waals surface area contributed by atoms with Crippen molar-refractivity contribution in [3.63, 3.8) is 0 Å². The quantitative estimate of drug-likeness (QED) is 0.862. The van der Waals surface area contributed by atoms with Crippen LogP contribution in [0.15, 0.2) is 30.3 Å². The molecule has 4 nitrogen and oxygen atoms in total. The number of nitrogens with zero attached hydrogens (tertiary/aromatic N) is 1. The van der Waals surface area contributed by atoms with Crippen molar-refractivity contribution in [2.24, 2.45) is 5.41 Å². The van der Waals surface area contributed by atoms with Gasteiger partial charge in [0.25, 0.3) is 0 Å². The van der Waals surface area contributed by atoms with Gasteiger partial charge in [0.2, 0.25) is 0 Å². The smallest absolute Gasteiger partial charge is 0.410 e. The van der Waals surface area contributed by atoms with Crippen LogP contribution in [0.1, 0.15) is 18.4 Å². The van der Waals surface area contributed by atoms with E-state index in [1.54, 1.807) is 0 Å². The van der Waals surface area contributed by atoms with Gasteiger partial charge >= 0.3 is 6.09 Å². The predicted octanol–water partition coefficient (Wildman–Crippen LogP) is 0.982. The molecule has 2 saturated heterocycles. The summed E-state index contributed by atoms with van der Waals surface area (Å²) in [4.78, 5) is 14.0. The third-order valence-corrected chi connectivity index (χ3v) is 4.28. The molecular formula is C15H21N2O2+. The zero-order valence-electron chi connectivity index (χ0n) is 11.2. The van der Waals surface area contributed by atoms with Gasteiger partial charge in [0.05, 0.1) is 18.5 Å². The monoisotopic (exact) mass is 261 g/mol. The summed E-state index contributed by atoms with van der Waals surface area (Å²) in [6.07, 6.45) is 2.20. The number of quaternary nitrogens is 1. The molecule has 0 aromatic heterocycles. The number of rotatable bonds is 2. The van der Waals surface area contributed by atoms with Crippen molar-refractivity contribution < 1.29 is 14.8 Å². The molecule has 2 aliphatic heterocycles. The van der Waals surface area contributed by atoms with Crippen molar-refractivity contribution >= 4 is 6.09 Å². The molecule has 19 heavy (non-hydrogen) atoms. The number of hydrogen-bond donors (Lipinski definition) is 1. The summed E-state index contributed by atoms with van der Waals surface area (Å²) in [5.74, 6) is 0. The number of benzene rings is 1. The van der Waals surface area contributed by atoms with Crippen LogP contribution in [-0.4, -0.2) is 37.2 Å². The van der Waals surface area contributed by atoms with Crippen LogP contribution in [-0.2, 0) is 11.3 Å². The van der Waals surface area contributed by atoms with Crippen LogP contribution in [0.5, 0.6) is 0 Å². The van der Waals surface area contributed by atoms with E-state index in [1.165, 1.54) is 6.42 Å². The highest BCUT2D eigenvalue weighted by Gasteiger charge is 2.46. The molecule has 0 saturated carbocycles. The second-order valence-corrected chi connectivity index (χ2v) is 5.76. The highest BCUT2D eigenvalue weighted by atomic mass is 16.6. The lowest BCUT2D eigenvalue weighted by Gasteiger charge is -2.45. The Hall–Kier alpha value is -1.55. The van der Waals surface area contributed by atoms with Crippen LogP contribution < -0.4 is 5.32 Å². The molecule has 4 heteroatoms. The van der Waals surface area contributed by atoms with Gasteiger partial charge in [0, 0.05) is 13.1 Å². The normalized spacial score (nSPS) is 20.9. The Morgan fingerprint density at radius 1 is 1.32 bits per heavy atom. The molecule has 2 aliphatic rings. The maximum Gasteiger partial charge on any atom is 0.410 e. The molecule has 2 N–H and O–H groups in total. The lowest BCUT2D eigenvalue weighted by atomic mass is 9.75. The Bertz CT molecular complexity index is 443. The Morgan fingerprint density at radius 3 is 2.79 bits per heavy atom. The van der Waals surface area contributed by atoms with Gasteiger partial charge in [-0.2, -0.15) is 0 Å². The van der Waals surface area contributed by atoms with Gasteiger partial charge in [-0.25, -0.2) is 4.79 Å². The number of piperidine rings is 1. The summed E-state index contributed by atoms with van der Waals surface area (Å²) in [6.45, 7) is 4.41. The van der Waals surface area contributed by atoms with Crippen LogP contribution >= 0.6 is 0 Å². The molecule has 2 fully saturated rings. The largest absolute Gasteiger partial charge is 0.445 e. The lowest BCUT2D eigenvalue weighted by Crippen LogP contribution is -3.01. The fraction of sp³-hybridized carbons (Fsp3) is 0.533. The Kier molecular flexibility index (Phi) is 3.42. The van der Waals surface area contributed by atoms with E-state index >= 15 is 0 Å². The van der Waals surface area contributed by atoms with E-state index in [-0.39, 0.29) is 6.09 Å². The number of ether oxygens (including phenoxy) is 1. The molecule has 2 heterocycles. The third kappa shape index (κ3) is 2.73. The van der Waals surface area contributed by atoms with Gasteiger partial charge in [-0.05, 0) is 18.4 Å². The first-order chi connectivity index (χ1) is 9.27. The van der Waals surface area contributed by atoms with Gasteiger partial charge in [-0.1, -0.05) is 30.3 Å². The molecule has 0 atom stereocenters. The summed E-state index contributed by atoms with van der Waals surface area (Å²) < 4.78 is 5.41. The first-order valence-electron chi connectivity index (χ1n) is 7.05. The number of hydrogen-bond acceptors (Lipinski definition) is 2. The minimum atomic E-state index is -0.158. The van der Waals surface area contributed by atoms with E-state index in [9.17, 15) is 4.79 Å². The molecule has 0 aliphatic carbocycles. The topological polar surface area (TPSA) is 46.1 Å². The van der Waals surface area contributed by atoms with Gasteiger partial charge in [-0.15, -0.1) is 0 Å². The summed E-state index contributed by atoms with van der Waals surface area (Å²) in [6, 6.07) is 9.84. The van der Waals surface area contributed by atoms with Crippen LogP contribution in [0.25, 0.3) is 0 Å². The van der Waals surface area contributed by atoms with E-state index in [1.807, 2.05) is 35.2 Å². The molecule has 0 radical (unpaired) electrons. The van der Waals surface area contributed by atoms with Gasteiger partial charge < -0.3 is 15.0 Å². The molecule has 1 amide bonds. The average molecular weight is 261 g/mol. The number of amides is 1. The Morgan fingerprint density at radius 2 is 2.11 bits per heavy atom. The highest BCUT2D eigenvalue weighted by Crippen LogP contribution is 2.30. The SMILES string of the molecule is O=C(OCc1ccccc1)N1CCCC2(C[NH2+]C2)C1. The Labute approximate surface area is 113 Å². The number of carbonyl (C=O) groups is 1. The second kappa shape index (κ2) is 5.21. The first-order valence-corrected chi connectivity index (χ1v) is 7.05. The van der Waals surface area contributed by atoms with Crippen molar-refractivity contribution in [3.05, 3.63) is 35.9 Å². The maximum atomic E-state index is 12.1. The molecule has 1 aromatic rings. The molecule has 1 aromatic carbocycles. The van der Waals surface area contributed by atoms with E-state index in [4.69, 9.17) is 4.74 Å². The molecular weight excluding hydrogens is 240 g/mol. The van der Waals surface area contributed by atoms with Gasteiger partial charge in [0.15, 0.2) is 0 Å². The summed E-state index contributed by atoms with van der Waals surface area (Å²) in [5.41, 5.74) is 1.42. The predicted molar refractivity (Wildman–Crippen MR) is 71.5 cm³/mol. The number of nitrogens with two attached hydrogens (primary N) is 1. The summed E-state index contributed by atoms with van der Waals surface area (Å²) in [5, 5.41) is 2.32. The van der Waals surface area contributed by atoms with E-state index in [0.29, 0.717) is 12.0 Å². The second-order valence-electron chi connectivity index (χ2n) is 5.76. The van der Waals surface area contributed by atoms with E-state index in [2.05, 4.69) is 5.32 Å². The maximum absolute atomic E-state index is 12.1. The zero-order chi connectivity index (χ0) is 13.1. The zero-order valence-corrected chi connectivity index (χ0v) is 11.2. The van der Waals surface area contributed by atoms with Crippen molar-refractivity contribution in [2.75, 3.05) is 26.2 Å². The van der Waals surface area contributed by atoms with E-state index in [0.717, 1.165) is 38.2 Å². The number of carbonyl (C=O) groups excluding carboxylic acids is 1. The minimum Gasteiger partial charge on any atom is -0.445 e. The van der Waals surface area contributed by atoms with Crippen molar-refractivity contribution in [1.29, 1.82) is 0 Å². The Balaban J connectivity index is 1.52. The standard InChI is InChI=1S/C15H20N2O2/c18-14(19-9-13-5-2-1-3-6-13)17-8-4-7-15(12-17)10-16-11-15/h1-3,5-6,16H,4,7-12H2/p+1. The molecule has 102 valence electrons. The van der Waals surface area contributed by atoms with Crippen molar-refractivity contribution in [3.8, 4) is 0 Å². The fourth-order valence-electron chi connectivity index (χ4n) is 3.06. The average Bonchev–Trinajstić information content (AvgIpc) is 2.44. The first kappa shape index (κ1) is 12.5. The fourth-order valence-corrected chi connectivity index (χ4v) is 3.06. The minimum absolute atomic E-state index is 0.158. The van der Waals surface area contributed by atoms with E-state index < -0.39 is 0 Å². The van der Waals surface area contributed by atoms with Gasteiger partial charge in [-0.3, -0.25) is 0 Å². The van der Waals surface area contributed by atoms with Gasteiger partial charge in [0.1, 0.15) is 6.61 Å². The van der Waals surface area contributed by atoms with Crippen molar-refractivity contribution in [1.82, 2.24) is 4.90 Å². The van der Waals surface area contributed by atoms with Crippen LogP contribution in [0.4, 0.5) is 4.79 Å². The van der Waals surface area contributed by atoms with Crippen LogP contribution in [0, 0.1) is 5.41 Å². The summed E-state index contributed by atoms with van der Waals surface area (Å²) in [7, 11) is 0. The molecule has 3 rings (SSSR count). The number of likely N-dealkylation sites (tertiary alicyclic amines) is 1. The summed E-state index contributed by atoms with van der Waals surface area (Å²) >= 11 is 0. The lowest BCUT2D eigenvalue weighted by molar-refractivity contribution is -0.742. The highest BCUT2D eigenvalue weighted by molar-refractivity contribution is 5.67. The third-order valence-electron chi connectivity index (χ3n) is 4.28. The van der Waals surface area contributed by atoms with Crippen molar-refractivity contribution in [2.45, 2.75) is 19.4 Å². The molecule has 0 bridgehead atoms.